The normalized spacial score (nSPS) is 10.3. The molecule has 0 spiro atoms. The van der Waals surface area contributed by atoms with E-state index >= 15 is 0 Å². The first-order chi connectivity index (χ1) is 10.7. The third-order valence-electron chi connectivity index (χ3n) is 2.78. The van der Waals surface area contributed by atoms with Crippen LogP contribution in [0.3, 0.4) is 0 Å². The SMILES string of the molecule is Clc1cccc(Nc2cnnc(Nc3ccccc3Br)n2)c1. The Labute approximate surface area is 140 Å². The molecular weight excluding hydrogens is 366 g/mol. The molecule has 0 aliphatic carbocycles. The van der Waals surface area contributed by atoms with Gasteiger partial charge in [0.25, 0.3) is 0 Å². The average Bonchev–Trinajstić information content (AvgIpc) is 2.50. The predicted molar refractivity (Wildman–Crippen MR) is 92.0 cm³/mol. The Kier molecular flexibility index (Phi) is 4.50. The summed E-state index contributed by atoms with van der Waals surface area (Å²) < 4.78 is 0.923. The van der Waals surface area contributed by atoms with E-state index in [9.17, 15) is 0 Å². The molecular formula is C15H11BrClN5. The Balaban J connectivity index is 1.79. The van der Waals surface area contributed by atoms with Gasteiger partial charge in [0, 0.05) is 15.2 Å². The van der Waals surface area contributed by atoms with Gasteiger partial charge in [-0.15, -0.1) is 5.10 Å². The first kappa shape index (κ1) is 14.7. The summed E-state index contributed by atoms with van der Waals surface area (Å²) in [5.74, 6) is 0.978. The lowest BCUT2D eigenvalue weighted by molar-refractivity contribution is 0.982. The van der Waals surface area contributed by atoms with Gasteiger partial charge in [0.15, 0.2) is 5.82 Å². The van der Waals surface area contributed by atoms with E-state index in [1.165, 1.54) is 0 Å². The lowest BCUT2D eigenvalue weighted by Crippen LogP contribution is -2.02. The molecule has 7 heteroatoms. The molecule has 1 aromatic heterocycles. The second-order valence-corrected chi connectivity index (χ2v) is 5.70. The smallest absolute Gasteiger partial charge is 0.249 e. The minimum Gasteiger partial charge on any atom is -0.339 e. The number of nitrogens with zero attached hydrogens (tertiary/aromatic N) is 3. The number of aromatic nitrogens is 3. The van der Waals surface area contributed by atoms with Crippen molar-refractivity contribution >= 4 is 50.7 Å². The molecule has 0 aliphatic rings. The number of nitrogens with one attached hydrogen (secondary N) is 2. The molecule has 5 nitrogen and oxygen atoms in total. The Morgan fingerprint density at radius 3 is 2.68 bits per heavy atom. The van der Waals surface area contributed by atoms with Crippen LogP contribution in [0, 0.1) is 0 Å². The summed E-state index contributed by atoms with van der Waals surface area (Å²) in [7, 11) is 0. The maximum Gasteiger partial charge on any atom is 0.249 e. The molecule has 0 saturated carbocycles. The monoisotopic (exact) mass is 375 g/mol. The zero-order valence-electron chi connectivity index (χ0n) is 11.3. The predicted octanol–water partition coefficient (Wildman–Crippen LogP) is 4.77. The molecule has 0 amide bonds. The molecule has 110 valence electrons. The topological polar surface area (TPSA) is 62.7 Å². The van der Waals surface area contributed by atoms with E-state index < -0.39 is 0 Å². The van der Waals surface area contributed by atoms with E-state index in [1.807, 2.05) is 48.5 Å². The number of anilines is 4. The molecule has 2 aromatic carbocycles. The van der Waals surface area contributed by atoms with E-state index in [0.717, 1.165) is 15.8 Å². The molecule has 22 heavy (non-hydrogen) atoms. The van der Waals surface area contributed by atoms with Crippen LogP contribution in [-0.4, -0.2) is 15.2 Å². The number of benzene rings is 2. The standard InChI is InChI=1S/C15H11BrClN5/c16-12-6-1-2-7-13(12)20-15-21-14(9-18-22-15)19-11-5-3-4-10(17)8-11/h1-9H,(H2,19,20,21,22). The van der Waals surface area contributed by atoms with Gasteiger partial charge in [-0.3, -0.25) is 0 Å². The summed E-state index contributed by atoms with van der Waals surface area (Å²) in [6.07, 6.45) is 1.55. The fourth-order valence-corrected chi connectivity index (χ4v) is 2.39. The number of para-hydroxylation sites is 1. The largest absolute Gasteiger partial charge is 0.339 e. The number of hydrogen-bond acceptors (Lipinski definition) is 5. The average molecular weight is 377 g/mol. The maximum absolute atomic E-state index is 5.96. The first-order valence-electron chi connectivity index (χ1n) is 6.44. The van der Waals surface area contributed by atoms with Crippen LogP contribution in [0.4, 0.5) is 23.1 Å². The summed E-state index contributed by atoms with van der Waals surface area (Å²) in [6, 6.07) is 15.1. The minimum absolute atomic E-state index is 0.402. The molecule has 3 rings (SSSR count). The molecule has 0 aliphatic heterocycles. The van der Waals surface area contributed by atoms with E-state index in [2.05, 4.69) is 41.7 Å². The highest BCUT2D eigenvalue weighted by Gasteiger charge is 2.04. The van der Waals surface area contributed by atoms with E-state index in [0.29, 0.717) is 16.8 Å². The molecule has 0 bridgehead atoms. The second kappa shape index (κ2) is 6.72. The van der Waals surface area contributed by atoms with E-state index in [-0.39, 0.29) is 0 Å². The Morgan fingerprint density at radius 1 is 1.00 bits per heavy atom. The number of halogens is 2. The van der Waals surface area contributed by atoms with Crippen molar-refractivity contribution in [3.8, 4) is 0 Å². The third-order valence-corrected chi connectivity index (χ3v) is 3.70. The molecule has 0 radical (unpaired) electrons. The van der Waals surface area contributed by atoms with Gasteiger partial charge < -0.3 is 10.6 Å². The summed E-state index contributed by atoms with van der Waals surface area (Å²) in [6.45, 7) is 0. The van der Waals surface area contributed by atoms with Crippen LogP contribution in [0.5, 0.6) is 0 Å². The van der Waals surface area contributed by atoms with Gasteiger partial charge in [-0.2, -0.15) is 10.1 Å². The lowest BCUT2D eigenvalue weighted by Gasteiger charge is -2.08. The zero-order chi connectivity index (χ0) is 15.4. The third kappa shape index (κ3) is 3.72. The van der Waals surface area contributed by atoms with Crippen LogP contribution < -0.4 is 10.6 Å². The molecule has 3 aromatic rings. The van der Waals surface area contributed by atoms with Gasteiger partial charge in [-0.25, -0.2) is 0 Å². The Bertz CT molecular complexity index is 796. The van der Waals surface area contributed by atoms with Crippen molar-refractivity contribution in [2.24, 2.45) is 0 Å². The van der Waals surface area contributed by atoms with Crippen molar-refractivity contribution in [1.29, 1.82) is 0 Å². The van der Waals surface area contributed by atoms with Crippen molar-refractivity contribution < 1.29 is 0 Å². The van der Waals surface area contributed by atoms with E-state index in [4.69, 9.17) is 11.6 Å². The molecule has 0 fully saturated rings. The fourth-order valence-electron chi connectivity index (χ4n) is 1.81. The number of rotatable bonds is 4. The second-order valence-electron chi connectivity index (χ2n) is 4.41. The van der Waals surface area contributed by atoms with Crippen molar-refractivity contribution in [1.82, 2.24) is 15.2 Å². The van der Waals surface area contributed by atoms with Crippen molar-refractivity contribution in [2.45, 2.75) is 0 Å². The van der Waals surface area contributed by atoms with Crippen molar-refractivity contribution in [3.63, 3.8) is 0 Å². The van der Waals surface area contributed by atoms with Crippen molar-refractivity contribution in [3.05, 3.63) is 64.2 Å². The summed E-state index contributed by atoms with van der Waals surface area (Å²) in [5, 5.41) is 14.8. The van der Waals surface area contributed by atoms with Gasteiger partial charge in [-0.05, 0) is 46.3 Å². The molecule has 0 unspecified atom stereocenters. The van der Waals surface area contributed by atoms with Gasteiger partial charge in [0.2, 0.25) is 5.95 Å². The van der Waals surface area contributed by atoms with Crippen molar-refractivity contribution in [2.75, 3.05) is 10.6 Å². The van der Waals surface area contributed by atoms with E-state index in [1.54, 1.807) is 6.20 Å². The molecule has 0 saturated heterocycles. The van der Waals surface area contributed by atoms with Crippen LogP contribution in [-0.2, 0) is 0 Å². The maximum atomic E-state index is 5.96. The highest BCUT2D eigenvalue weighted by Crippen LogP contribution is 2.24. The van der Waals surface area contributed by atoms with Crippen LogP contribution in [0.2, 0.25) is 5.02 Å². The lowest BCUT2D eigenvalue weighted by atomic mass is 10.3. The Hall–Kier alpha value is -2.18. The Morgan fingerprint density at radius 2 is 1.86 bits per heavy atom. The molecule has 1 heterocycles. The number of hydrogen-bond donors (Lipinski definition) is 2. The van der Waals surface area contributed by atoms with Gasteiger partial charge in [-0.1, -0.05) is 29.8 Å². The molecule has 2 N–H and O–H groups in total. The summed E-state index contributed by atoms with van der Waals surface area (Å²) in [4.78, 5) is 4.37. The van der Waals surface area contributed by atoms with Crippen LogP contribution >= 0.6 is 27.5 Å². The van der Waals surface area contributed by atoms with Crippen LogP contribution in [0.25, 0.3) is 0 Å². The van der Waals surface area contributed by atoms with Gasteiger partial charge >= 0.3 is 0 Å². The first-order valence-corrected chi connectivity index (χ1v) is 7.62. The highest BCUT2D eigenvalue weighted by molar-refractivity contribution is 9.10. The quantitative estimate of drug-likeness (QED) is 0.686. The minimum atomic E-state index is 0.402. The van der Waals surface area contributed by atoms with Gasteiger partial charge in [0.1, 0.15) is 0 Å². The van der Waals surface area contributed by atoms with Crippen LogP contribution in [0.1, 0.15) is 0 Å². The zero-order valence-corrected chi connectivity index (χ0v) is 13.6. The van der Waals surface area contributed by atoms with Crippen LogP contribution in [0.15, 0.2) is 59.2 Å². The fraction of sp³-hybridized carbons (Fsp3) is 0. The molecule has 0 atom stereocenters. The summed E-state index contributed by atoms with van der Waals surface area (Å²) in [5.41, 5.74) is 1.70. The van der Waals surface area contributed by atoms with Gasteiger partial charge in [0.05, 0.1) is 11.9 Å². The summed E-state index contributed by atoms with van der Waals surface area (Å²) >= 11 is 9.43. The highest BCUT2D eigenvalue weighted by atomic mass is 79.9.